The summed E-state index contributed by atoms with van der Waals surface area (Å²) in [5, 5.41) is 0. The number of imidazole rings is 1. The van der Waals surface area contributed by atoms with Gasteiger partial charge in [-0.15, -0.1) is 0 Å². The van der Waals surface area contributed by atoms with Crippen molar-refractivity contribution in [3.05, 3.63) is 11.5 Å². The molecule has 102 valence electrons. The predicted molar refractivity (Wildman–Crippen MR) is 71.3 cm³/mol. The molecule has 1 aromatic rings. The lowest BCUT2D eigenvalue weighted by Gasteiger charge is -2.17. The van der Waals surface area contributed by atoms with E-state index in [0.29, 0.717) is 24.3 Å². The fraction of sp³-hybridized carbons (Fsp3) is 0.692. The number of nitrogen functional groups attached to an aromatic ring is 1. The molecule has 1 aromatic heterocycles. The van der Waals surface area contributed by atoms with Gasteiger partial charge in [0.25, 0.3) is 0 Å². The Morgan fingerprint density at radius 1 is 1.44 bits per heavy atom. The molecule has 0 aliphatic carbocycles. The Morgan fingerprint density at radius 2 is 2.06 bits per heavy atom. The van der Waals surface area contributed by atoms with Gasteiger partial charge in [-0.1, -0.05) is 20.8 Å². The van der Waals surface area contributed by atoms with Crippen LogP contribution in [0.2, 0.25) is 0 Å². The Kier molecular flexibility index (Phi) is 4.76. The van der Waals surface area contributed by atoms with Gasteiger partial charge in [0.05, 0.1) is 6.61 Å². The third-order valence-electron chi connectivity index (χ3n) is 3.28. The molecule has 0 aliphatic heterocycles. The number of hydrogen-bond acceptors (Lipinski definition) is 4. The van der Waals surface area contributed by atoms with Gasteiger partial charge in [0, 0.05) is 6.54 Å². The number of rotatable bonds is 5. The van der Waals surface area contributed by atoms with Gasteiger partial charge in [-0.25, -0.2) is 9.78 Å². The maximum atomic E-state index is 11.7. The number of esters is 1. The van der Waals surface area contributed by atoms with Crippen molar-refractivity contribution in [2.45, 2.75) is 41.2 Å². The zero-order valence-electron chi connectivity index (χ0n) is 11.9. The van der Waals surface area contributed by atoms with Crippen LogP contribution in [0.1, 0.15) is 44.0 Å². The monoisotopic (exact) mass is 253 g/mol. The maximum Gasteiger partial charge on any atom is 0.360 e. The molecule has 0 saturated carbocycles. The number of anilines is 1. The Labute approximate surface area is 108 Å². The highest BCUT2D eigenvalue weighted by Gasteiger charge is 2.21. The predicted octanol–water partition coefficient (Wildman–Crippen LogP) is 2.24. The van der Waals surface area contributed by atoms with Crippen molar-refractivity contribution in [3.8, 4) is 0 Å². The number of ether oxygens (including phenoxy) is 1. The van der Waals surface area contributed by atoms with Crippen LogP contribution >= 0.6 is 0 Å². The summed E-state index contributed by atoms with van der Waals surface area (Å²) >= 11 is 0. The van der Waals surface area contributed by atoms with Crippen LogP contribution in [0.3, 0.4) is 0 Å². The minimum Gasteiger partial charge on any atom is -0.461 e. The van der Waals surface area contributed by atoms with Gasteiger partial charge >= 0.3 is 5.97 Å². The first-order chi connectivity index (χ1) is 8.38. The zero-order chi connectivity index (χ0) is 13.9. The van der Waals surface area contributed by atoms with Gasteiger partial charge in [-0.2, -0.15) is 0 Å². The molecule has 0 radical (unpaired) electrons. The van der Waals surface area contributed by atoms with Crippen LogP contribution < -0.4 is 5.73 Å². The number of aromatic nitrogens is 2. The fourth-order valence-corrected chi connectivity index (χ4v) is 1.66. The first kappa shape index (κ1) is 14.5. The molecule has 0 saturated heterocycles. The number of nitrogens with zero attached hydrogens (tertiary/aromatic N) is 2. The van der Waals surface area contributed by atoms with Crippen molar-refractivity contribution >= 4 is 11.8 Å². The highest BCUT2D eigenvalue weighted by atomic mass is 16.5. The third kappa shape index (κ3) is 3.03. The first-order valence-corrected chi connectivity index (χ1v) is 6.38. The molecule has 1 rings (SSSR count). The van der Waals surface area contributed by atoms with Crippen LogP contribution in [0.4, 0.5) is 5.82 Å². The number of nitrogens with two attached hydrogens (primary N) is 1. The molecular weight excluding hydrogens is 230 g/mol. The molecule has 1 atom stereocenters. The zero-order valence-corrected chi connectivity index (χ0v) is 11.9. The summed E-state index contributed by atoms with van der Waals surface area (Å²) in [4.78, 5) is 15.9. The van der Waals surface area contributed by atoms with Gasteiger partial charge in [0.2, 0.25) is 0 Å². The molecule has 5 nitrogen and oxygen atoms in total. The summed E-state index contributed by atoms with van der Waals surface area (Å²) < 4.78 is 6.82. The standard InChI is InChI=1S/C13H23N3O2/c1-6-18-13(17)11-12(14)16(10(5)15-11)7-9(4)8(2)3/h8-9H,6-7,14H2,1-5H3. The van der Waals surface area contributed by atoms with Crippen molar-refractivity contribution in [2.24, 2.45) is 11.8 Å². The van der Waals surface area contributed by atoms with E-state index in [1.165, 1.54) is 0 Å². The van der Waals surface area contributed by atoms with Crippen molar-refractivity contribution in [1.29, 1.82) is 0 Å². The minimum atomic E-state index is -0.450. The quantitative estimate of drug-likeness (QED) is 0.817. The molecule has 2 N–H and O–H groups in total. The summed E-state index contributed by atoms with van der Waals surface area (Å²) in [6.45, 7) is 11.2. The summed E-state index contributed by atoms with van der Waals surface area (Å²) in [6, 6.07) is 0. The van der Waals surface area contributed by atoms with Crippen LogP contribution in [-0.2, 0) is 11.3 Å². The van der Waals surface area contributed by atoms with E-state index in [1.54, 1.807) is 6.92 Å². The average Bonchev–Trinajstić information content (AvgIpc) is 2.57. The van der Waals surface area contributed by atoms with Crippen LogP contribution in [-0.4, -0.2) is 22.1 Å². The number of hydrogen-bond donors (Lipinski definition) is 1. The lowest BCUT2D eigenvalue weighted by molar-refractivity contribution is 0.0521. The highest BCUT2D eigenvalue weighted by molar-refractivity contribution is 5.92. The number of carbonyl (C=O) groups is 1. The van der Waals surface area contributed by atoms with E-state index < -0.39 is 5.97 Å². The SMILES string of the molecule is CCOC(=O)c1nc(C)n(CC(C)C(C)C)c1N. The molecule has 0 aliphatic rings. The molecule has 18 heavy (non-hydrogen) atoms. The Hall–Kier alpha value is -1.52. The second-order valence-corrected chi connectivity index (χ2v) is 4.95. The number of aryl methyl sites for hydroxylation is 1. The van der Waals surface area contributed by atoms with E-state index in [4.69, 9.17) is 10.5 Å². The van der Waals surface area contributed by atoms with E-state index in [2.05, 4.69) is 25.8 Å². The van der Waals surface area contributed by atoms with Crippen molar-refractivity contribution in [1.82, 2.24) is 9.55 Å². The topological polar surface area (TPSA) is 70.1 Å². The molecule has 0 aromatic carbocycles. The van der Waals surface area contributed by atoms with Gasteiger partial charge < -0.3 is 15.0 Å². The van der Waals surface area contributed by atoms with Crippen molar-refractivity contribution < 1.29 is 9.53 Å². The van der Waals surface area contributed by atoms with Crippen LogP contribution in [0.5, 0.6) is 0 Å². The van der Waals surface area contributed by atoms with E-state index in [1.807, 2.05) is 11.5 Å². The average molecular weight is 253 g/mol. The summed E-state index contributed by atoms with van der Waals surface area (Å²) in [6.07, 6.45) is 0. The summed E-state index contributed by atoms with van der Waals surface area (Å²) in [7, 11) is 0. The first-order valence-electron chi connectivity index (χ1n) is 6.38. The van der Waals surface area contributed by atoms with Gasteiger partial charge in [0.15, 0.2) is 5.69 Å². The Balaban J connectivity index is 2.97. The largest absolute Gasteiger partial charge is 0.461 e. The van der Waals surface area contributed by atoms with E-state index in [-0.39, 0.29) is 5.69 Å². The minimum absolute atomic E-state index is 0.227. The summed E-state index contributed by atoms with van der Waals surface area (Å²) in [5.74, 6) is 1.73. The lowest BCUT2D eigenvalue weighted by atomic mass is 9.98. The second kappa shape index (κ2) is 5.89. The third-order valence-corrected chi connectivity index (χ3v) is 3.28. The van der Waals surface area contributed by atoms with E-state index in [9.17, 15) is 4.79 Å². The maximum absolute atomic E-state index is 11.7. The summed E-state index contributed by atoms with van der Waals surface area (Å²) in [5.41, 5.74) is 6.21. The Morgan fingerprint density at radius 3 is 2.56 bits per heavy atom. The smallest absolute Gasteiger partial charge is 0.360 e. The van der Waals surface area contributed by atoms with Crippen LogP contribution in [0.25, 0.3) is 0 Å². The van der Waals surface area contributed by atoms with Crippen molar-refractivity contribution in [3.63, 3.8) is 0 Å². The molecule has 1 unspecified atom stereocenters. The van der Waals surface area contributed by atoms with Gasteiger partial charge in [-0.05, 0) is 25.7 Å². The van der Waals surface area contributed by atoms with Crippen LogP contribution in [0.15, 0.2) is 0 Å². The lowest BCUT2D eigenvalue weighted by Crippen LogP contribution is -2.16. The molecule has 0 amide bonds. The highest BCUT2D eigenvalue weighted by Crippen LogP contribution is 2.20. The second-order valence-electron chi connectivity index (χ2n) is 4.95. The fourth-order valence-electron chi connectivity index (χ4n) is 1.66. The normalized spacial score (nSPS) is 12.8. The van der Waals surface area contributed by atoms with Gasteiger partial charge in [0.1, 0.15) is 11.6 Å². The Bertz CT molecular complexity index is 424. The van der Waals surface area contributed by atoms with Crippen LogP contribution in [0, 0.1) is 18.8 Å². The molecule has 1 heterocycles. The van der Waals surface area contributed by atoms with E-state index in [0.717, 1.165) is 12.4 Å². The molecular formula is C13H23N3O2. The van der Waals surface area contributed by atoms with Gasteiger partial charge in [-0.3, -0.25) is 0 Å². The molecule has 5 heteroatoms. The van der Waals surface area contributed by atoms with Crippen molar-refractivity contribution in [2.75, 3.05) is 12.3 Å². The number of carbonyl (C=O) groups excluding carboxylic acids is 1. The van der Waals surface area contributed by atoms with E-state index >= 15 is 0 Å². The molecule has 0 spiro atoms. The molecule has 0 bridgehead atoms. The molecule has 0 fully saturated rings.